The van der Waals surface area contributed by atoms with Gasteiger partial charge in [-0.2, -0.15) is 0 Å². The highest BCUT2D eigenvalue weighted by Gasteiger charge is 2.20. The van der Waals surface area contributed by atoms with E-state index >= 15 is 0 Å². The molecule has 0 aliphatic heterocycles. The smallest absolute Gasteiger partial charge is 0.207 e. The first-order valence-electron chi connectivity index (χ1n) is 9.39. The van der Waals surface area contributed by atoms with Crippen LogP contribution in [0.5, 0.6) is 0 Å². The van der Waals surface area contributed by atoms with Crippen molar-refractivity contribution in [2.24, 2.45) is 7.05 Å². The van der Waals surface area contributed by atoms with Crippen LogP contribution < -0.4 is 4.57 Å². The predicted octanol–water partition coefficient (Wildman–Crippen LogP) is 5.55. The number of nitrogens with zero attached hydrogens (tertiary/aromatic N) is 1. The molecule has 0 radical (unpaired) electrons. The van der Waals surface area contributed by atoms with E-state index in [0.29, 0.717) is 5.39 Å². The summed E-state index contributed by atoms with van der Waals surface area (Å²) in [4.78, 5) is 0. The van der Waals surface area contributed by atoms with Gasteiger partial charge in [0.25, 0.3) is 0 Å². The Hall–Kier alpha value is -2.74. The number of hydrogen-bond donors (Lipinski definition) is 0. The standard InChI is InChI=1S/C23H21FN/c1-14-11-15(2)16(3)21(12-14)23-22-17(9-10-25(23)4)5-6-18-13-19(24)7-8-20(18)22/h5-13H,1-4H3/q+1/i9D,10D. The van der Waals surface area contributed by atoms with Crippen molar-refractivity contribution in [3.05, 3.63) is 77.2 Å². The molecule has 1 aromatic heterocycles. The van der Waals surface area contributed by atoms with E-state index in [0.717, 1.165) is 38.5 Å². The molecule has 0 atom stereocenters. The summed E-state index contributed by atoms with van der Waals surface area (Å²) in [7, 11) is 1.83. The summed E-state index contributed by atoms with van der Waals surface area (Å²) in [6.45, 7) is 6.23. The van der Waals surface area contributed by atoms with E-state index in [1.807, 2.05) is 19.2 Å². The van der Waals surface area contributed by atoms with Gasteiger partial charge in [0.1, 0.15) is 14.2 Å². The zero-order valence-corrected chi connectivity index (χ0v) is 14.9. The number of halogens is 1. The first-order valence-corrected chi connectivity index (χ1v) is 8.39. The maximum atomic E-state index is 13.8. The molecule has 4 aromatic rings. The number of rotatable bonds is 1. The molecule has 0 aliphatic carbocycles. The first kappa shape index (κ1) is 13.5. The summed E-state index contributed by atoms with van der Waals surface area (Å²) in [6.07, 6.45) is 0.164. The average Bonchev–Trinajstić information content (AvgIpc) is 2.63. The molecule has 1 nitrogen and oxygen atoms in total. The molecule has 0 bridgehead atoms. The summed E-state index contributed by atoms with van der Waals surface area (Å²) < 4.78 is 32.5. The normalized spacial score (nSPS) is 12.5. The van der Waals surface area contributed by atoms with Gasteiger partial charge in [-0.15, -0.1) is 0 Å². The SMILES string of the molecule is [2H]c1c([2H])[n+](C)c(-c2cc(C)cc(C)c2C)c2c1ccc1cc(F)ccc12. The van der Waals surface area contributed by atoms with Gasteiger partial charge in [-0.3, -0.25) is 0 Å². The van der Waals surface area contributed by atoms with Crippen LogP contribution >= 0.6 is 0 Å². The molecular formula is C23H21FN+. The lowest BCUT2D eigenvalue weighted by Crippen LogP contribution is -2.31. The van der Waals surface area contributed by atoms with E-state index in [2.05, 4.69) is 32.9 Å². The molecular weight excluding hydrogens is 309 g/mol. The second kappa shape index (κ2) is 5.66. The van der Waals surface area contributed by atoms with Crippen molar-refractivity contribution in [2.75, 3.05) is 0 Å². The van der Waals surface area contributed by atoms with Crippen molar-refractivity contribution in [2.45, 2.75) is 20.8 Å². The molecule has 0 N–H and O–H groups in total. The zero-order valence-electron chi connectivity index (χ0n) is 16.9. The second-order valence-electron chi connectivity index (χ2n) is 6.75. The highest BCUT2D eigenvalue weighted by atomic mass is 19.1. The van der Waals surface area contributed by atoms with Gasteiger partial charge in [0.2, 0.25) is 5.69 Å². The van der Waals surface area contributed by atoms with E-state index < -0.39 is 0 Å². The van der Waals surface area contributed by atoms with E-state index in [9.17, 15) is 4.39 Å². The molecule has 1 heterocycles. The first-order chi connectivity index (χ1) is 12.8. The number of benzene rings is 3. The summed E-state index contributed by atoms with van der Waals surface area (Å²) >= 11 is 0. The quantitative estimate of drug-likeness (QED) is 0.318. The topological polar surface area (TPSA) is 3.88 Å². The summed E-state index contributed by atoms with van der Waals surface area (Å²) in [5.41, 5.74) is 5.42. The minimum Gasteiger partial charge on any atom is -0.207 e. The lowest BCUT2D eigenvalue weighted by atomic mass is 9.92. The third-order valence-electron chi connectivity index (χ3n) is 4.98. The van der Waals surface area contributed by atoms with Crippen molar-refractivity contribution in [3.8, 4) is 11.3 Å². The Morgan fingerprint density at radius 3 is 2.52 bits per heavy atom. The fourth-order valence-electron chi connectivity index (χ4n) is 3.63. The van der Waals surface area contributed by atoms with Crippen LogP contribution in [0.2, 0.25) is 0 Å². The Kier molecular flexibility index (Phi) is 3.07. The molecule has 3 aromatic carbocycles. The second-order valence-corrected chi connectivity index (χ2v) is 6.75. The van der Waals surface area contributed by atoms with Crippen LogP contribution in [0.25, 0.3) is 32.8 Å². The number of aryl methyl sites for hydroxylation is 2. The fraction of sp³-hybridized carbons (Fsp3) is 0.174. The van der Waals surface area contributed by atoms with E-state index in [4.69, 9.17) is 2.74 Å². The molecule has 0 saturated carbocycles. The minimum absolute atomic E-state index is 0.164. The molecule has 0 saturated heterocycles. The van der Waals surface area contributed by atoms with Gasteiger partial charge in [-0.1, -0.05) is 29.8 Å². The number of hydrogen-bond acceptors (Lipinski definition) is 0. The highest BCUT2D eigenvalue weighted by Crippen LogP contribution is 2.34. The third kappa shape index (κ3) is 2.49. The van der Waals surface area contributed by atoms with Crippen molar-refractivity contribution < 1.29 is 11.7 Å². The van der Waals surface area contributed by atoms with Crippen LogP contribution in [0.3, 0.4) is 0 Å². The van der Waals surface area contributed by atoms with Crippen LogP contribution in [-0.4, -0.2) is 0 Å². The summed E-state index contributed by atoms with van der Waals surface area (Å²) in [6, 6.07) is 12.9. The fourth-order valence-corrected chi connectivity index (χ4v) is 3.63. The Bertz CT molecular complexity index is 1250. The van der Waals surface area contributed by atoms with Gasteiger partial charge in [0, 0.05) is 6.04 Å². The monoisotopic (exact) mass is 332 g/mol. The molecule has 0 spiro atoms. The van der Waals surface area contributed by atoms with Crippen molar-refractivity contribution in [1.82, 2.24) is 0 Å². The van der Waals surface area contributed by atoms with Crippen LogP contribution in [0.15, 0.2) is 54.7 Å². The Morgan fingerprint density at radius 2 is 1.72 bits per heavy atom. The molecule has 0 aliphatic rings. The predicted molar refractivity (Wildman–Crippen MR) is 102 cm³/mol. The largest absolute Gasteiger partial charge is 0.221 e. The maximum Gasteiger partial charge on any atom is 0.221 e. The Balaban J connectivity index is 2.30. The van der Waals surface area contributed by atoms with Gasteiger partial charge in [-0.25, -0.2) is 8.96 Å². The summed E-state index contributed by atoms with van der Waals surface area (Å²) in [5.74, 6) is -0.279. The van der Waals surface area contributed by atoms with Crippen LogP contribution in [0.1, 0.15) is 19.4 Å². The number of aromatic nitrogens is 1. The van der Waals surface area contributed by atoms with E-state index in [-0.39, 0.29) is 18.0 Å². The Labute approximate surface area is 150 Å². The molecule has 0 fully saturated rings. The third-order valence-corrected chi connectivity index (χ3v) is 4.98. The van der Waals surface area contributed by atoms with Crippen molar-refractivity contribution in [3.63, 3.8) is 0 Å². The molecule has 4 rings (SSSR count). The van der Waals surface area contributed by atoms with Gasteiger partial charge in [0.15, 0.2) is 6.17 Å². The van der Waals surface area contributed by atoms with Crippen LogP contribution in [0, 0.1) is 26.6 Å². The van der Waals surface area contributed by atoms with E-state index in [1.54, 1.807) is 10.6 Å². The van der Waals surface area contributed by atoms with E-state index in [1.165, 1.54) is 17.7 Å². The van der Waals surface area contributed by atoms with Crippen LogP contribution in [-0.2, 0) is 7.05 Å². The lowest BCUT2D eigenvalue weighted by Gasteiger charge is -2.13. The van der Waals surface area contributed by atoms with Crippen LogP contribution in [0.4, 0.5) is 4.39 Å². The lowest BCUT2D eigenvalue weighted by molar-refractivity contribution is -0.659. The number of fused-ring (bicyclic) bond motifs is 3. The average molecular weight is 332 g/mol. The highest BCUT2D eigenvalue weighted by molar-refractivity contribution is 6.12. The molecule has 2 heteroatoms. The van der Waals surface area contributed by atoms with Gasteiger partial charge < -0.3 is 0 Å². The Morgan fingerprint density at radius 1 is 0.960 bits per heavy atom. The molecule has 25 heavy (non-hydrogen) atoms. The van der Waals surface area contributed by atoms with Gasteiger partial charge in [-0.05, 0) is 66.3 Å². The minimum atomic E-state index is -0.279. The summed E-state index contributed by atoms with van der Waals surface area (Å²) in [5, 5.41) is 3.30. The van der Waals surface area contributed by atoms with Gasteiger partial charge >= 0.3 is 0 Å². The van der Waals surface area contributed by atoms with Crippen molar-refractivity contribution in [1.29, 1.82) is 0 Å². The van der Waals surface area contributed by atoms with Crippen molar-refractivity contribution >= 4 is 21.5 Å². The number of pyridine rings is 1. The molecule has 0 unspecified atom stereocenters. The van der Waals surface area contributed by atoms with Gasteiger partial charge in [0.05, 0.1) is 12.3 Å². The zero-order chi connectivity index (χ0) is 19.5. The molecule has 124 valence electrons. The maximum absolute atomic E-state index is 13.8. The molecule has 0 amide bonds.